The quantitative estimate of drug-likeness (QED) is 0.656. The molecule has 0 aliphatic heterocycles. The number of ether oxygens (including phenoxy) is 2. The highest BCUT2D eigenvalue weighted by Crippen LogP contribution is 2.37. The van der Waals surface area contributed by atoms with Crippen molar-refractivity contribution in [2.24, 2.45) is 5.84 Å². The van der Waals surface area contributed by atoms with Gasteiger partial charge in [0.15, 0.2) is 11.5 Å². The minimum atomic E-state index is -0.399. The van der Waals surface area contributed by atoms with Crippen molar-refractivity contribution >= 4 is 0 Å². The van der Waals surface area contributed by atoms with Gasteiger partial charge in [-0.05, 0) is 36.2 Å². The fourth-order valence-electron chi connectivity index (χ4n) is 2.44. The first-order valence-electron chi connectivity index (χ1n) is 6.54. The summed E-state index contributed by atoms with van der Waals surface area (Å²) in [5.74, 6) is 6.56. The monoisotopic (exact) mass is 290 g/mol. The van der Waals surface area contributed by atoms with Crippen LogP contribution in [0.3, 0.4) is 0 Å². The van der Waals surface area contributed by atoms with E-state index in [9.17, 15) is 4.39 Å². The SMILES string of the molecule is COc1cccc(C(NN)c2cc(C)cc(F)c2)c1OC. The Morgan fingerprint density at radius 1 is 1.14 bits per heavy atom. The summed E-state index contributed by atoms with van der Waals surface area (Å²) >= 11 is 0. The number of hydrazine groups is 1. The molecule has 0 saturated carbocycles. The molecule has 0 amide bonds. The molecular formula is C16H19FN2O2. The molecule has 0 saturated heterocycles. The number of benzene rings is 2. The van der Waals surface area contributed by atoms with Gasteiger partial charge in [-0.2, -0.15) is 0 Å². The molecule has 21 heavy (non-hydrogen) atoms. The van der Waals surface area contributed by atoms with Crippen LogP contribution in [0.5, 0.6) is 11.5 Å². The molecule has 0 heterocycles. The zero-order chi connectivity index (χ0) is 15.4. The highest BCUT2D eigenvalue weighted by atomic mass is 19.1. The molecule has 3 N–H and O–H groups in total. The van der Waals surface area contributed by atoms with Crippen molar-refractivity contribution in [1.82, 2.24) is 5.43 Å². The third-order valence-electron chi connectivity index (χ3n) is 3.31. The summed E-state index contributed by atoms with van der Waals surface area (Å²) in [6.45, 7) is 1.84. The number of halogens is 1. The minimum Gasteiger partial charge on any atom is -0.493 e. The molecular weight excluding hydrogens is 271 g/mol. The second kappa shape index (κ2) is 6.56. The van der Waals surface area contributed by atoms with E-state index in [1.165, 1.54) is 12.1 Å². The smallest absolute Gasteiger partial charge is 0.165 e. The van der Waals surface area contributed by atoms with E-state index in [1.54, 1.807) is 20.3 Å². The first kappa shape index (κ1) is 15.3. The second-order valence-electron chi connectivity index (χ2n) is 4.74. The lowest BCUT2D eigenvalue weighted by atomic mass is 9.96. The van der Waals surface area contributed by atoms with Crippen LogP contribution in [0, 0.1) is 12.7 Å². The van der Waals surface area contributed by atoms with Crippen LogP contribution in [0.4, 0.5) is 4.39 Å². The van der Waals surface area contributed by atoms with Crippen LogP contribution in [-0.4, -0.2) is 14.2 Å². The molecule has 0 spiro atoms. The van der Waals surface area contributed by atoms with E-state index < -0.39 is 6.04 Å². The molecule has 0 bridgehead atoms. The summed E-state index contributed by atoms with van der Waals surface area (Å²) in [4.78, 5) is 0. The Labute approximate surface area is 123 Å². The summed E-state index contributed by atoms with van der Waals surface area (Å²) in [7, 11) is 3.13. The zero-order valence-electron chi connectivity index (χ0n) is 12.3. The van der Waals surface area contributed by atoms with E-state index in [0.29, 0.717) is 11.5 Å². The number of aryl methyl sites for hydroxylation is 1. The number of nitrogens with two attached hydrogens (primary N) is 1. The van der Waals surface area contributed by atoms with Crippen LogP contribution >= 0.6 is 0 Å². The van der Waals surface area contributed by atoms with Crippen LogP contribution < -0.4 is 20.7 Å². The number of methoxy groups -OCH3 is 2. The van der Waals surface area contributed by atoms with Crippen molar-refractivity contribution in [3.63, 3.8) is 0 Å². The van der Waals surface area contributed by atoms with Gasteiger partial charge in [-0.15, -0.1) is 0 Å². The Morgan fingerprint density at radius 3 is 2.48 bits per heavy atom. The van der Waals surface area contributed by atoms with Crippen molar-refractivity contribution in [2.45, 2.75) is 13.0 Å². The van der Waals surface area contributed by atoms with Gasteiger partial charge in [0, 0.05) is 5.56 Å². The lowest BCUT2D eigenvalue weighted by Crippen LogP contribution is -2.29. The topological polar surface area (TPSA) is 56.5 Å². The van der Waals surface area contributed by atoms with Gasteiger partial charge in [0.05, 0.1) is 20.3 Å². The average Bonchev–Trinajstić information content (AvgIpc) is 2.46. The molecule has 0 aliphatic carbocycles. The Kier molecular flexibility index (Phi) is 4.77. The van der Waals surface area contributed by atoms with Gasteiger partial charge in [-0.1, -0.05) is 18.2 Å². The molecule has 2 aromatic carbocycles. The van der Waals surface area contributed by atoms with Crippen LogP contribution in [0.15, 0.2) is 36.4 Å². The Hall–Kier alpha value is -2.11. The summed E-state index contributed by atoms with van der Waals surface area (Å²) in [6, 6.07) is 9.92. The molecule has 2 rings (SSSR count). The van der Waals surface area contributed by atoms with E-state index in [1.807, 2.05) is 25.1 Å². The molecule has 4 nitrogen and oxygen atoms in total. The fraction of sp³-hybridized carbons (Fsp3) is 0.250. The van der Waals surface area contributed by atoms with Crippen molar-refractivity contribution in [3.05, 3.63) is 58.9 Å². The minimum absolute atomic E-state index is 0.299. The largest absolute Gasteiger partial charge is 0.493 e. The van der Waals surface area contributed by atoms with Crippen molar-refractivity contribution in [2.75, 3.05) is 14.2 Å². The van der Waals surface area contributed by atoms with E-state index in [2.05, 4.69) is 5.43 Å². The number of hydrogen-bond acceptors (Lipinski definition) is 4. The van der Waals surface area contributed by atoms with Gasteiger partial charge in [-0.25, -0.2) is 9.82 Å². The van der Waals surface area contributed by atoms with Gasteiger partial charge in [0.2, 0.25) is 0 Å². The lowest BCUT2D eigenvalue weighted by molar-refractivity contribution is 0.349. The predicted octanol–water partition coefficient (Wildman–Crippen LogP) is 2.70. The van der Waals surface area contributed by atoms with Gasteiger partial charge < -0.3 is 9.47 Å². The maximum atomic E-state index is 13.6. The summed E-state index contributed by atoms with van der Waals surface area (Å²) in [6.07, 6.45) is 0. The van der Waals surface area contributed by atoms with Gasteiger partial charge >= 0.3 is 0 Å². The van der Waals surface area contributed by atoms with Crippen LogP contribution in [0.2, 0.25) is 0 Å². The average molecular weight is 290 g/mol. The summed E-state index contributed by atoms with van der Waals surface area (Å²) in [5.41, 5.74) is 5.04. The first-order chi connectivity index (χ1) is 10.1. The highest BCUT2D eigenvalue weighted by Gasteiger charge is 2.20. The normalized spacial score (nSPS) is 12.0. The predicted molar refractivity (Wildman–Crippen MR) is 79.8 cm³/mol. The molecule has 0 radical (unpaired) electrons. The third kappa shape index (κ3) is 3.15. The van der Waals surface area contributed by atoms with Crippen LogP contribution in [0.25, 0.3) is 0 Å². The van der Waals surface area contributed by atoms with Gasteiger partial charge in [0.25, 0.3) is 0 Å². The summed E-state index contributed by atoms with van der Waals surface area (Å²) in [5, 5.41) is 0. The molecule has 1 unspecified atom stereocenters. The van der Waals surface area contributed by atoms with Crippen molar-refractivity contribution in [3.8, 4) is 11.5 Å². The molecule has 5 heteroatoms. The van der Waals surface area contributed by atoms with E-state index in [-0.39, 0.29) is 5.82 Å². The van der Waals surface area contributed by atoms with Crippen LogP contribution in [0.1, 0.15) is 22.7 Å². The standard InChI is InChI=1S/C16H19FN2O2/c1-10-7-11(9-12(17)8-10)15(19-18)13-5-4-6-14(20-2)16(13)21-3/h4-9,15,19H,18H2,1-3H3. The number of hydrogen-bond donors (Lipinski definition) is 2. The number of nitrogens with one attached hydrogen (secondary N) is 1. The zero-order valence-corrected chi connectivity index (χ0v) is 12.3. The fourth-order valence-corrected chi connectivity index (χ4v) is 2.44. The molecule has 1 atom stereocenters. The molecule has 0 aromatic heterocycles. The number of rotatable bonds is 5. The highest BCUT2D eigenvalue weighted by molar-refractivity contribution is 5.51. The maximum Gasteiger partial charge on any atom is 0.165 e. The molecule has 0 aliphatic rings. The van der Waals surface area contributed by atoms with Crippen molar-refractivity contribution in [1.29, 1.82) is 0 Å². The first-order valence-corrected chi connectivity index (χ1v) is 6.54. The second-order valence-corrected chi connectivity index (χ2v) is 4.74. The van der Waals surface area contributed by atoms with Crippen LogP contribution in [-0.2, 0) is 0 Å². The Balaban J connectivity index is 2.56. The molecule has 112 valence electrons. The van der Waals surface area contributed by atoms with E-state index >= 15 is 0 Å². The Morgan fingerprint density at radius 2 is 1.90 bits per heavy atom. The lowest BCUT2D eigenvalue weighted by Gasteiger charge is -2.21. The summed E-state index contributed by atoms with van der Waals surface area (Å²) < 4.78 is 24.3. The third-order valence-corrected chi connectivity index (χ3v) is 3.31. The number of para-hydroxylation sites is 1. The van der Waals surface area contributed by atoms with Crippen molar-refractivity contribution < 1.29 is 13.9 Å². The van der Waals surface area contributed by atoms with E-state index in [4.69, 9.17) is 15.3 Å². The van der Waals surface area contributed by atoms with E-state index in [0.717, 1.165) is 16.7 Å². The van der Waals surface area contributed by atoms with Gasteiger partial charge in [-0.3, -0.25) is 5.84 Å². The molecule has 2 aromatic rings. The maximum absolute atomic E-state index is 13.6. The van der Waals surface area contributed by atoms with Gasteiger partial charge in [0.1, 0.15) is 5.82 Å². The Bertz CT molecular complexity index is 611. The molecule has 0 fully saturated rings.